The van der Waals surface area contributed by atoms with Crippen LogP contribution in [0.25, 0.3) is 0 Å². The molecule has 1 saturated heterocycles. The van der Waals surface area contributed by atoms with Gasteiger partial charge in [0.05, 0.1) is 5.41 Å². The minimum atomic E-state index is -0.692. The molecular weight excluding hydrogens is 410 g/mol. The molecule has 0 amide bonds. The zero-order valence-electron chi connectivity index (χ0n) is 18.6. The molecule has 0 saturated carbocycles. The van der Waals surface area contributed by atoms with Gasteiger partial charge in [-0.25, -0.2) is 0 Å². The van der Waals surface area contributed by atoms with Crippen molar-refractivity contribution in [2.24, 2.45) is 11.3 Å². The highest BCUT2D eigenvalue weighted by molar-refractivity contribution is 5.74. The van der Waals surface area contributed by atoms with Crippen molar-refractivity contribution in [1.82, 2.24) is 4.90 Å². The van der Waals surface area contributed by atoms with Gasteiger partial charge >= 0.3 is 5.97 Å². The number of ether oxygens (including phenoxy) is 2. The molecule has 1 atom stereocenters. The number of carboxylic acid groups (broad SMARTS) is 2. The molecule has 0 aliphatic carbocycles. The zero-order valence-corrected chi connectivity index (χ0v) is 18.6. The fourth-order valence-corrected chi connectivity index (χ4v) is 4.27. The average Bonchev–Trinajstić information content (AvgIpc) is 2.80. The third-order valence-electron chi connectivity index (χ3n) is 6.43. The van der Waals surface area contributed by atoms with Crippen molar-refractivity contribution in [3.05, 3.63) is 59.7 Å². The average molecular weight is 442 g/mol. The predicted molar refractivity (Wildman–Crippen MR) is 120 cm³/mol. The molecule has 32 heavy (non-hydrogen) atoms. The van der Waals surface area contributed by atoms with Gasteiger partial charge in [0.2, 0.25) is 0 Å². The number of piperidine rings is 1. The Balaban J connectivity index is 0.000000913. The molecule has 7 nitrogen and oxygen atoms in total. The molecule has 0 spiro atoms. The van der Waals surface area contributed by atoms with Gasteiger partial charge in [-0.2, -0.15) is 0 Å². The normalized spacial score (nSPS) is 18.9. The Morgan fingerprint density at radius 2 is 1.69 bits per heavy atom. The second-order valence-electron chi connectivity index (χ2n) is 8.79. The first-order valence-corrected chi connectivity index (χ1v) is 10.9. The molecule has 0 aromatic heterocycles. The summed E-state index contributed by atoms with van der Waals surface area (Å²) in [5.74, 6) is 1.14. The molecule has 2 aromatic rings. The van der Waals surface area contributed by atoms with E-state index in [0.717, 1.165) is 49.5 Å². The number of hydrogen-bond acceptors (Lipinski definition) is 5. The van der Waals surface area contributed by atoms with Crippen molar-refractivity contribution in [2.75, 3.05) is 19.7 Å². The van der Waals surface area contributed by atoms with Crippen LogP contribution in [0.4, 0.5) is 0 Å². The van der Waals surface area contributed by atoms with Crippen LogP contribution in [0.2, 0.25) is 0 Å². The topological polar surface area (TPSA) is 96.3 Å². The molecule has 2 heterocycles. The SMILES string of the molecule is CC(C)(C(=O)O)C1CCN(Cc2ccc(C3COc4ccccc4O3)cc2)CC1.O=CO. The third-order valence-corrected chi connectivity index (χ3v) is 6.43. The van der Waals surface area contributed by atoms with Gasteiger partial charge in [-0.3, -0.25) is 14.5 Å². The number of benzene rings is 2. The lowest BCUT2D eigenvalue weighted by Crippen LogP contribution is -2.41. The maximum absolute atomic E-state index is 11.5. The highest BCUT2D eigenvalue weighted by atomic mass is 16.6. The molecule has 1 fully saturated rings. The summed E-state index contributed by atoms with van der Waals surface area (Å²) in [5, 5.41) is 16.3. The summed E-state index contributed by atoms with van der Waals surface area (Å²) in [7, 11) is 0. The fourth-order valence-electron chi connectivity index (χ4n) is 4.27. The molecule has 2 aromatic carbocycles. The van der Waals surface area contributed by atoms with E-state index in [1.165, 1.54) is 5.56 Å². The highest BCUT2D eigenvalue weighted by Crippen LogP contribution is 2.37. The maximum atomic E-state index is 11.5. The molecule has 2 aliphatic heterocycles. The summed E-state index contributed by atoms with van der Waals surface area (Å²) in [6.07, 6.45) is 1.78. The number of carboxylic acids is 1. The fraction of sp³-hybridized carbons (Fsp3) is 0.440. The number of rotatable bonds is 5. The number of para-hydroxylation sites is 2. The van der Waals surface area contributed by atoms with Crippen molar-refractivity contribution in [1.29, 1.82) is 0 Å². The van der Waals surface area contributed by atoms with Gasteiger partial charge in [-0.05, 0) is 69.0 Å². The molecule has 2 N–H and O–H groups in total. The van der Waals surface area contributed by atoms with E-state index in [0.29, 0.717) is 6.61 Å². The summed E-state index contributed by atoms with van der Waals surface area (Å²) < 4.78 is 11.9. The monoisotopic (exact) mass is 441 g/mol. The number of hydrogen-bond donors (Lipinski definition) is 2. The van der Waals surface area contributed by atoms with Crippen LogP contribution in [0.15, 0.2) is 48.5 Å². The van der Waals surface area contributed by atoms with Crippen molar-refractivity contribution in [3.63, 3.8) is 0 Å². The molecule has 2 aliphatic rings. The van der Waals surface area contributed by atoms with Gasteiger partial charge in [0, 0.05) is 6.54 Å². The zero-order chi connectivity index (χ0) is 23.1. The molecule has 172 valence electrons. The lowest BCUT2D eigenvalue weighted by Gasteiger charge is -2.38. The minimum Gasteiger partial charge on any atom is -0.485 e. The van der Waals surface area contributed by atoms with Crippen LogP contribution in [0.3, 0.4) is 0 Å². The first-order valence-electron chi connectivity index (χ1n) is 10.9. The Hall–Kier alpha value is -3.06. The number of carbonyl (C=O) groups is 2. The molecular formula is C25H31NO6. The summed E-state index contributed by atoms with van der Waals surface area (Å²) in [6.45, 7) is 6.75. The van der Waals surface area contributed by atoms with E-state index < -0.39 is 11.4 Å². The van der Waals surface area contributed by atoms with Gasteiger partial charge in [0.15, 0.2) is 17.6 Å². The van der Waals surface area contributed by atoms with Crippen molar-refractivity contribution in [2.45, 2.75) is 39.3 Å². The largest absolute Gasteiger partial charge is 0.485 e. The molecule has 7 heteroatoms. The molecule has 1 unspecified atom stereocenters. The minimum absolute atomic E-state index is 0.0899. The van der Waals surface area contributed by atoms with Gasteiger partial charge in [-0.1, -0.05) is 36.4 Å². The second-order valence-corrected chi connectivity index (χ2v) is 8.79. The summed E-state index contributed by atoms with van der Waals surface area (Å²) in [5.41, 5.74) is 1.74. The second kappa shape index (κ2) is 10.5. The van der Waals surface area contributed by atoms with Crippen LogP contribution in [-0.4, -0.2) is 47.3 Å². The summed E-state index contributed by atoms with van der Waals surface area (Å²) in [4.78, 5) is 22.3. The first kappa shape index (κ1) is 23.6. The van der Waals surface area contributed by atoms with Crippen LogP contribution in [-0.2, 0) is 16.1 Å². The van der Waals surface area contributed by atoms with Crippen LogP contribution < -0.4 is 9.47 Å². The van der Waals surface area contributed by atoms with E-state index in [-0.39, 0.29) is 18.5 Å². The lowest BCUT2D eigenvalue weighted by atomic mass is 9.74. The van der Waals surface area contributed by atoms with E-state index in [1.807, 2.05) is 38.1 Å². The van der Waals surface area contributed by atoms with Crippen LogP contribution in [0.5, 0.6) is 11.5 Å². The third kappa shape index (κ3) is 5.59. The van der Waals surface area contributed by atoms with Crippen molar-refractivity contribution >= 4 is 12.4 Å². The Morgan fingerprint density at radius 1 is 1.09 bits per heavy atom. The van der Waals surface area contributed by atoms with Crippen molar-refractivity contribution in [3.8, 4) is 11.5 Å². The predicted octanol–water partition coefficient (Wildman–Crippen LogP) is 4.22. The maximum Gasteiger partial charge on any atom is 0.309 e. The van der Waals surface area contributed by atoms with Gasteiger partial charge in [0.25, 0.3) is 6.47 Å². The van der Waals surface area contributed by atoms with Crippen LogP contribution in [0, 0.1) is 11.3 Å². The molecule has 0 bridgehead atoms. The van der Waals surface area contributed by atoms with Crippen LogP contribution in [0.1, 0.15) is 43.9 Å². The smallest absolute Gasteiger partial charge is 0.309 e. The molecule has 4 rings (SSSR count). The Morgan fingerprint density at radius 3 is 2.28 bits per heavy atom. The van der Waals surface area contributed by atoms with Crippen molar-refractivity contribution < 1.29 is 29.3 Å². The van der Waals surface area contributed by atoms with Gasteiger partial charge < -0.3 is 19.7 Å². The van der Waals surface area contributed by atoms with Crippen LogP contribution >= 0.6 is 0 Å². The van der Waals surface area contributed by atoms with E-state index in [2.05, 4.69) is 29.2 Å². The number of likely N-dealkylation sites (tertiary alicyclic amines) is 1. The Bertz CT molecular complexity index is 903. The quantitative estimate of drug-likeness (QED) is 0.671. The number of fused-ring (bicyclic) bond motifs is 1. The Kier molecular flexibility index (Phi) is 7.75. The summed E-state index contributed by atoms with van der Waals surface area (Å²) >= 11 is 0. The van der Waals surface area contributed by atoms with Gasteiger partial charge in [0.1, 0.15) is 6.61 Å². The highest BCUT2D eigenvalue weighted by Gasteiger charge is 2.38. The molecule has 0 radical (unpaired) electrons. The van der Waals surface area contributed by atoms with E-state index >= 15 is 0 Å². The Labute approximate surface area is 188 Å². The number of aliphatic carboxylic acids is 1. The van der Waals surface area contributed by atoms with Gasteiger partial charge in [-0.15, -0.1) is 0 Å². The summed E-state index contributed by atoms with van der Waals surface area (Å²) in [6, 6.07) is 16.3. The van der Waals surface area contributed by atoms with E-state index in [9.17, 15) is 9.90 Å². The lowest BCUT2D eigenvalue weighted by molar-refractivity contribution is -0.151. The first-order chi connectivity index (χ1) is 15.3. The standard InChI is InChI=1S/C24H29NO4.CH2O2/c1-24(2,23(26)27)19-11-13-25(14-12-19)15-17-7-9-18(10-8-17)22-16-28-20-5-3-4-6-21(20)29-22;2-1-3/h3-10,19,22H,11-16H2,1-2H3,(H,26,27);1H,(H,2,3). The number of nitrogens with zero attached hydrogens (tertiary/aromatic N) is 1. The van der Waals surface area contributed by atoms with E-state index in [4.69, 9.17) is 19.4 Å². The van der Waals surface area contributed by atoms with E-state index in [1.54, 1.807) is 0 Å².